The summed E-state index contributed by atoms with van der Waals surface area (Å²) in [5.41, 5.74) is 0. The van der Waals surface area contributed by atoms with Crippen molar-refractivity contribution in [3.63, 3.8) is 0 Å². The van der Waals surface area contributed by atoms with Crippen LogP contribution in [0.1, 0.15) is 54.9 Å². The highest BCUT2D eigenvalue weighted by molar-refractivity contribution is 4.85. The number of hydrogen-bond acceptors (Lipinski definition) is 3. The van der Waals surface area contributed by atoms with Gasteiger partial charge in [-0.3, -0.25) is 4.90 Å². The molecular weight excluding hydrogens is 226 g/mol. The molecule has 1 fully saturated rings. The van der Waals surface area contributed by atoms with Crippen LogP contribution in [0.4, 0.5) is 0 Å². The van der Waals surface area contributed by atoms with Gasteiger partial charge < -0.3 is 9.47 Å². The first-order chi connectivity index (χ1) is 7.81. The number of rotatable bonds is 8. The molecule has 0 aromatic rings. The summed E-state index contributed by atoms with van der Waals surface area (Å²) in [7, 11) is 0. The van der Waals surface area contributed by atoms with Crippen LogP contribution in [0.25, 0.3) is 0 Å². The summed E-state index contributed by atoms with van der Waals surface area (Å²) in [4.78, 5) is 2.48. The van der Waals surface area contributed by atoms with Crippen LogP contribution in [0.2, 0.25) is 0 Å². The van der Waals surface area contributed by atoms with E-state index in [-0.39, 0.29) is 14.9 Å². The van der Waals surface area contributed by atoms with E-state index in [9.17, 15) is 0 Å². The fraction of sp³-hybridized carbons (Fsp3) is 1.00. The van der Waals surface area contributed by atoms with Crippen LogP contribution in [0.5, 0.6) is 0 Å². The normalized spacial score (nSPS) is 23.5. The van der Waals surface area contributed by atoms with Crippen molar-refractivity contribution in [3.8, 4) is 0 Å². The van der Waals surface area contributed by atoms with Crippen molar-refractivity contribution in [2.45, 2.75) is 67.0 Å². The first-order valence-electron chi connectivity index (χ1n) is 6.75. The molecule has 0 saturated carbocycles. The first-order valence-corrected chi connectivity index (χ1v) is 6.75. The van der Waals surface area contributed by atoms with E-state index < -0.39 is 0 Å². The Morgan fingerprint density at radius 1 is 1.17 bits per heavy atom. The Morgan fingerprint density at radius 2 is 1.89 bits per heavy atom. The van der Waals surface area contributed by atoms with E-state index in [2.05, 4.69) is 25.7 Å². The highest BCUT2D eigenvalue weighted by atomic mass is 16.5. The topological polar surface area (TPSA) is 21.7 Å². The Kier molecular flexibility index (Phi) is 13.4. The standard InChI is InChI=1S/C13H27NO2.2CH4/c1-4-7-8-15-11-12-9-13(16-6-3)10-14(12)5-2;;/h12-13H,4-11H2,1-3H3;2*1H4. The van der Waals surface area contributed by atoms with Gasteiger partial charge in [-0.2, -0.15) is 0 Å². The molecule has 1 aliphatic rings. The molecule has 0 radical (unpaired) electrons. The van der Waals surface area contributed by atoms with Crippen LogP contribution in [0.15, 0.2) is 0 Å². The lowest BCUT2D eigenvalue weighted by Crippen LogP contribution is -2.33. The van der Waals surface area contributed by atoms with Crippen molar-refractivity contribution < 1.29 is 9.47 Å². The molecule has 0 aliphatic carbocycles. The van der Waals surface area contributed by atoms with E-state index >= 15 is 0 Å². The van der Waals surface area contributed by atoms with Gasteiger partial charge in [-0.1, -0.05) is 35.1 Å². The number of likely N-dealkylation sites (N-methyl/N-ethyl adjacent to an activating group) is 1. The predicted molar refractivity (Wildman–Crippen MR) is 80.3 cm³/mol. The average Bonchev–Trinajstić information content (AvgIpc) is 2.67. The highest BCUT2D eigenvalue weighted by Gasteiger charge is 2.31. The molecule has 2 atom stereocenters. The molecule has 0 aromatic heterocycles. The van der Waals surface area contributed by atoms with Crippen LogP contribution in [0.3, 0.4) is 0 Å². The Hall–Kier alpha value is -0.120. The number of likely N-dealkylation sites (tertiary alicyclic amines) is 1. The fourth-order valence-electron chi connectivity index (χ4n) is 2.32. The van der Waals surface area contributed by atoms with Crippen LogP contribution in [-0.2, 0) is 9.47 Å². The lowest BCUT2D eigenvalue weighted by atomic mass is 10.2. The van der Waals surface area contributed by atoms with Gasteiger partial charge in [0.2, 0.25) is 0 Å². The fourth-order valence-corrected chi connectivity index (χ4v) is 2.32. The van der Waals surface area contributed by atoms with Gasteiger partial charge in [0.25, 0.3) is 0 Å². The Bertz CT molecular complexity index is 176. The van der Waals surface area contributed by atoms with Gasteiger partial charge in [-0.05, 0) is 26.3 Å². The Balaban J connectivity index is 0. The van der Waals surface area contributed by atoms with E-state index in [0.717, 1.165) is 39.3 Å². The van der Waals surface area contributed by atoms with Crippen molar-refractivity contribution in [1.29, 1.82) is 0 Å². The van der Waals surface area contributed by atoms with Crippen LogP contribution < -0.4 is 0 Å². The second kappa shape index (κ2) is 11.9. The molecule has 1 saturated heterocycles. The van der Waals surface area contributed by atoms with Gasteiger partial charge in [0.1, 0.15) is 0 Å². The quantitative estimate of drug-likeness (QED) is 0.623. The van der Waals surface area contributed by atoms with Gasteiger partial charge in [-0.25, -0.2) is 0 Å². The minimum Gasteiger partial charge on any atom is -0.380 e. The summed E-state index contributed by atoms with van der Waals surface area (Å²) < 4.78 is 11.4. The number of hydrogen-bond donors (Lipinski definition) is 0. The molecule has 112 valence electrons. The third-order valence-electron chi connectivity index (χ3n) is 3.25. The van der Waals surface area contributed by atoms with Crippen molar-refractivity contribution in [1.82, 2.24) is 4.90 Å². The maximum Gasteiger partial charge on any atom is 0.0717 e. The second-order valence-corrected chi connectivity index (χ2v) is 4.48. The Morgan fingerprint density at radius 3 is 2.44 bits per heavy atom. The number of unbranched alkanes of at least 4 members (excludes halogenated alkanes) is 1. The molecule has 1 aliphatic heterocycles. The van der Waals surface area contributed by atoms with E-state index in [4.69, 9.17) is 9.47 Å². The molecule has 0 N–H and O–H groups in total. The molecule has 1 heterocycles. The molecule has 0 amide bonds. The third kappa shape index (κ3) is 6.72. The minimum absolute atomic E-state index is 0. The van der Waals surface area contributed by atoms with Crippen LogP contribution >= 0.6 is 0 Å². The van der Waals surface area contributed by atoms with E-state index in [1.165, 1.54) is 12.8 Å². The Labute approximate surface area is 115 Å². The zero-order chi connectivity index (χ0) is 11.8. The summed E-state index contributed by atoms with van der Waals surface area (Å²) in [5.74, 6) is 0. The van der Waals surface area contributed by atoms with Gasteiger partial charge >= 0.3 is 0 Å². The molecule has 3 heteroatoms. The summed E-state index contributed by atoms with van der Waals surface area (Å²) in [6, 6.07) is 0.568. The zero-order valence-electron chi connectivity index (χ0n) is 11.1. The molecule has 0 bridgehead atoms. The highest BCUT2D eigenvalue weighted by Crippen LogP contribution is 2.20. The maximum atomic E-state index is 5.72. The van der Waals surface area contributed by atoms with Crippen molar-refractivity contribution in [2.24, 2.45) is 0 Å². The third-order valence-corrected chi connectivity index (χ3v) is 3.25. The molecule has 18 heavy (non-hydrogen) atoms. The summed E-state index contributed by atoms with van der Waals surface area (Å²) in [6.07, 6.45) is 3.94. The summed E-state index contributed by atoms with van der Waals surface area (Å²) in [6.45, 7) is 11.3. The number of ether oxygens (including phenoxy) is 2. The zero-order valence-corrected chi connectivity index (χ0v) is 11.1. The van der Waals surface area contributed by atoms with Crippen molar-refractivity contribution in [2.75, 3.05) is 32.9 Å². The predicted octanol–water partition coefficient (Wildman–Crippen LogP) is 3.57. The molecule has 1 rings (SSSR count). The lowest BCUT2D eigenvalue weighted by Gasteiger charge is -2.21. The van der Waals surface area contributed by atoms with Crippen molar-refractivity contribution >= 4 is 0 Å². The lowest BCUT2D eigenvalue weighted by molar-refractivity contribution is 0.0683. The van der Waals surface area contributed by atoms with Crippen LogP contribution in [0, 0.1) is 0 Å². The smallest absolute Gasteiger partial charge is 0.0717 e. The summed E-state index contributed by atoms with van der Waals surface area (Å²) in [5, 5.41) is 0. The first kappa shape index (κ1) is 20.2. The van der Waals surface area contributed by atoms with Crippen molar-refractivity contribution in [3.05, 3.63) is 0 Å². The van der Waals surface area contributed by atoms with E-state index in [0.29, 0.717) is 12.1 Å². The molecule has 0 aromatic carbocycles. The van der Waals surface area contributed by atoms with Crippen LogP contribution in [-0.4, -0.2) is 50.0 Å². The minimum atomic E-state index is 0. The van der Waals surface area contributed by atoms with Gasteiger partial charge in [0, 0.05) is 25.8 Å². The largest absolute Gasteiger partial charge is 0.380 e. The maximum absolute atomic E-state index is 5.72. The second-order valence-electron chi connectivity index (χ2n) is 4.48. The van der Waals surface area contributed by atoms with Gasteiger partial charge in [-0.15, -0.1) is 0 Å². The average molecular weight is 261 g/mol. The molecule has 0 spiro atoms. The SMILES string of the molecule is C.C.CCCCOCC1CC(OCC)CN1CC. The molecule has 3 nitrogen and oxygen atoms in total. The molecule has 2 unspecified atom stereocenters. The number of nitrogens with zero attached hydrogens (tertiary/aromatic N) is 1. The molecular formula is C15H35NO2. The summed E-state index contributed by atoms with van der Waals surface area (Å²) >= 11 is 0. The monoisotopic (exact) mass is 261 g/mol. The van der Waals surface area contributed by atoms with E-state index in [1.54, 1.807) is 0 Å². The van der Waals surface area contributed by atoms with Gasteiger partial charge in [0.05, 0.1) is 12.7 Å². The van der Waals surface area contributed by atoms with E-state index in [1.807, 2.05) is 0 Å². The van der Waals surface area contributed by atoms with Gasteiger partial charge in [0.15, 0.2) is 0 Å².